The van der Waals surface area contributed by atoms with Crippen molar-refractivity contribution in [2.24, 2.45) is 0 Å². The maximum absolute atomic E-state index is 12.6. The van der Waals surface area contributed by atoms with Crippen LogP contribution in [0, 0.1) is 13.8 Å². The molecule has 2 aromatic rings. The molecule has 2 aliphatic rings. The number of rotatable bonds is 4. The summed E-state index contributed by atoms with van der Waals surface area (Å²) in [4.78, 5) is 19.4. The molecule has 0 bridgehead atoms. The fraction of sp³-hybridized carbons (Fsp3) is 0.647. The lowest BCUT2D eigenvalue weighted by molar-refractivity contribution is 0.0700. The molecule has 1 aliphatic carbocycles. The van der Waals surface area contributed by atoms with Crippen LogP contribution in [0.4, 0.5) is 0 Å². The number of piperidine rings is 1. The first kappa shape index (κ1) is 15.5. The number of hydrogen-bond acceptors (Lipinski definition) is 6. The van der Waals surface area contributed by atoms with Crippen molar-refractivity contribution in [1.29, 1.82) is 0 Å². The zero-order chi connectivity index (χ0) is 16.7. The lowest BCUT2D eigenvalue weighted by atomic mass is 10.0. The Labute approximate surface area is 141 Å². The summed E-state index contributed by atoms with van der Waals surface area (Å²) in [6.07, 6.45) is 5.48. The van der Waals surface area contributed by atoms with E-state index in [9.17, 15) is 4.79 Å². The molecule has 0 radical (unpaired) electrons. The van der Waals surface area contributed by atoms with Gasteiger partial charge in [-0.3, -0.25) is 9.69 Å². The van der Waals surface area contributed by atoms with E-state index in [1.807, 2.05) is 19.9 Å². The van der Waals surface area contributed by atoms with Gasteiger partial charge in [-0.25, -0.2) is 4.68 Å². The summed E-state index contributed by atoms with van der Waals surface area (Å²) in [6.45, 7) is 5.01. The summed E-state index contributed by atoms with van der Waals surface area (Å²) < 4.78 is 7.02. The molecule has 0 spiro atoms. The van der Waals surface area contributed by atoms with Gasteiger partial charge in [-0.1, -0.05) is 11.6 Å². The molecule has 0 unspecified atom stereocenters. The molecule has 3 heterocycles. The van der Waals surface area contributed by atoms with Crippen LogP contribution in [0.2, 0.25) is 0 Å². The van der Waals surface area contributed by atoms with Crippen LogP contribution in [0.5, 0.6) is 0 Å². The van der Waals surface area contributed by atoms with Gasteiger partial charge in [0, 0.05) is 11.6 Å². The second-order valence-electron chi connectivity index (χ2n) is 6.98. The van der Waals surface area contributed by atoms with Crippen LogP contribution in [0.25, 0.3) is 0 Å². The van der Waals surface area contributed by atoms with Crippen LogP contribution in [0.3, 0.4) is 0 Å². The highest BCUT2D eigenvalue weighted by molar-refractivity contribution is 5.80. The number of hydrogen-bond donors (Lipinski definition) is 0. The molecule has 2 aromatic heterocycles. The Bertz CT molecular complexity index is 746. The Kier molecular flexibility index (Phi) is 3.96. The van der Waals surface area contributed by atoms with E-state index in [-0.39, 0.29) is 11.9 Å². The molecule has 7 nitrogen and oxygen atoms in total. The quantitative estimate of drug-likeness (QED) is 0.858. The van der Waals surface area contributed by atoms with E-state index in [4.69, 9.17) is 4.52 Å². The van der Waals surface area contributed by atoms with E-state index < -0.39 is 0 Å². The minimum Gasteiger partial charge on any atom is -0.338 e. The predicted octanol–water partition coefficient (Wildman–Crippen LogP) is 2.63. The summed E-state index contributed by atoms with van der Waals surface area (Å²) >= 11 is 0. The average molecular weight is 329 g/mol. The maximum Gasteiger partial charge on any atom is 0.261 e. The van der Waals surface area contributed by atoms with E-state index in [1.54, 1.807) is 0 Å². The largest absolute Gasteiger partial charge is 0.338 e. The number of carbonyl (C=O) groups excluding carboxylic acids is 1. The van der Waals surface area contributed by atoms with Crippen molar-refractivity contribution < 1.29 is 9.32 Å². The summed E-state index contributed by atoms with van der Waals surface area (Å²) in [5.41, 5.74) is 1.74. The zero-order valence-corrected chi connectivity index (χ0v) is 14.2. The molecule has 0 aromatic carbocycles. The van der Waals surface area contributed by atoms with Gasteiger partial charge in [0.25, 0.3) is 5.91 Å². The van der Waals surface area contributed by atoms with E-state index in [0.717, 1.165) is 55.9 Å². The molecule has 1 saturated heterocycles. The van der Waals surface area contributed by atoms with Crippen molar-refractivity contribution in [2.75, 3.05) is 13.1 Å². The first-order chi connectivity index (χ1) is 11.6. The Morgan fingerprint density at radius 1 is 1.29 bits per heavy atom. The summed E-state index contributed by atoms with van der Waals surface area (Å²) in [6, 6.07) is 1.96. The molecule has 1 aliphatic heterocycles. The van der Waals surface area contributed by atoms with Gasteiger partial charge in [-0.05, 0) is 52.1 Å². The maximum atomic E-state index is 12.6. The lowest BCUT2D eigenvalue weighted by Crippen LogP contribution is -2.39. The monoisotopic (exact) mass is 329 g/mol. The summed E-state index contributed by atoms with van der Waals surface area (Å²) in [5.74, 6) is 1.98. The molecule has 24 heavy (non-hydrogen) atoms. The van der Waals surface area contributed by atoms with E-state index >= 15 is 0 Å². The Morgan fingerprint density at radius 3 is 2.83 bits per heavy atom. The number of aryl methyl sites for hydroxylation is 2. The minimum absolute atomic E-state index is 0.00516. The van der Waals surface area contributed by atoms with Crippen molar-refractivity contribution >= 4 is 5.91 Å². The van der Waals surface area contributed by atoms with E-state index in [1.165, 1.54) is 4.68 Å². The van der Waals surface area contributed by atoms with Crippen molar-refractivity contribution in [3.63, 3.8) is 0 Å². The fourth-order valence-corrected chi connectivity index (χ4v) is 3.47. The van der Waals surface area contributed by atoms with E-state index in [2.05, 4.69) is 20.1 Å². The van der Waals surface area contributed by atoms with Gasteiger partial charge in [0.2, 0.25) is 5.89 Å². The van der Waals surface area contributed by atoms with Gasteiger partial charge in [-0.15, -0.1) is 0 Å². The highest BCUT2D eigenvalue weighted by atomic mass is 16.5. The van der Waals surface area contributed by atoms with Crippen LogP contribution in [-0.4, -0.2) is 43.8 Å². The molecular formula is C17H23N5O2. The SMILES string of the molecule is Cc1cc(C)n(C(=O)CN2CCCC[C@@H]2c2nc(C3CC3)no2)n1. The summed E-state index contributed by atoms with van der Waals surface area (Å²) in [7, 11) is 0. The number of carbonyl (C=O) groups is 1. The second kappa shape index (κ2) is 6.12. The zero-order valence-electron chi connectivity index (χ0n) is 14.2. The van der Waals surface area contributed by atoms with Crippen LogP contribution < -0.4 is 0 Å². The van der Waals surface area contributed by atoms with Crippen LogP contribution in [0.1, 0.15) is 72.0 Å². The molecule has 128 valence electrons. The van der Waals surface area contributed by atoms with Gasteiger partial charge in [0.05, 0.1) is 18.3 Å². The smallest absolute Gasteiger partial charge is 0.261 e. The van der Waals surface area contributed by atoms with Crippen molar-refractivity contribution in [1.82, 2.24) is 24.8 Å². The summed E-state index contributed by atoms with van der Waals surface area (Å²) in [5, 5.41) is 8.43. The van der Waals surface area contributed by atoms with Gasteiger partial charge in [-0.2, -0.15) is 10.1 Å². The van der Waals surface area contributed by atoms with Gasteiger partial charge >= 0.3 is 0 Å². The van der Waals surface area contributed by atoms with Gasteiger partial charge in [0.1, 0.15) is 0 Å². The Morgan fingerprint density at radius 2 is 2.12 bits per heavy atom. The Hall–Kier alpha value is -2.02. The molecule has 0 N–H and O–H groups in total. The van der Waals surface area contributed by atoms with E-state index in [0.29, 0.717) is 18.4 Å². The molecule has 4 rings (SSSR count). The average Bonchev–Trinajstić information content (AvgIpc) is 3.20. The van der Waals surface area contributed by atoms with Crippen molar-refractivity contribution in [3.8, 4) is 0 Å². The molecule has 7 heteroatoms. The van der Waals surface area contributed by atoms with Gasteiger partial charge < -0.3 is 4.52 Å². The number of nitrogens with zero attached hydrogens (tertiary/aromatic N) is 5. The third-order valence-corrected chi connectivity index (χ3v) is 4.88. The second-order valence-corrected chi connectivity index (χ2v) is 6.98. The van der Waals surface area contributed by atoms with Gasteiger partial charge in [0.15, 0.2) is 5.82 Å². The third-order valence-electron chi connectivity index (χ3n) is 4.88. The Balaban J connectivity index is 1.51. The van der Waals surface area contributed by atoms with Crippen LogP contribution in [0.15, 0.2) is 10.6 Å². The third kappa shape index (κ3) is 3.00. The fourth-order valence-electron chi connectivity index (χ4n) is 3.47. The normalized spacial score (nSPS) is 22.0. The molecular weight excluding hydrogens is 306 g/mol. The standard InChI is InChI=1S/C17H23N5O2/c1-11-9-12(2)22(19-11)15(23)10-21-8-4-3-5-14(21)17-18-16(20-24-17)13-6-7-13/h9,13-14H,3-8,10H2,1-2H3/t14-/m1/s1. The highest BCUT2D eigenvalue weighted by Gasteiger charge is 2.34. The topological polar surface area (TPSA) is 77.0 Å². The van der Waals surface area contributed by atoms with Crippen molar-refractivity contribution in [3.05, 3.63) is 29.2 Å². The minimum atomic E-state index is -0.00516. The number of likely N-dealkylation sites (tertiary alicyclic amines) is 1. The first-order valence-corrected chi connectivity index (χ1v) is 8.76. The molecule has 1 atom stereocenters. The first-order valence-electron chi connectivity index (χ1n) is 8.76. The van der Waals surface area contributed by atoms with Crippen LogP contribution in [-0.2, 0) is 0 Å². The highest BCUT2D eigenvalue weighted by Crippen LogP contribution is 2.39. The van der Waals surface area contributed by atoms with Crippen molar-refractivity contribution in [2.45, 2.75) is 57.9 Å². The molecule has 0 amide bonds. The van der Waals surface area contributed by atoms with Crippen LogP contribution >= 0.6 is 0 Å². The number of aromatic nitrogens is 4. The predicted molar refractivity (Wildman–Crippen MR) is 86.8 cm³/mol. The lowest BCUT2D eigenvalue weighted by Gasteiger charge is -2.32. The molecule has 2 fully saturated rings. The molecule has 1 saturated carbocycles.